The third-order valence-corrected chi connectivity index (χ3v) is 7.50. The summed E-state index contributed by atoms with van der Waals surface area (Å²) in [5.74, 6) is -0.730. The SMILES string of the molecule is CC(C)(C)[S+]([O-])C1(Cl)CC2CC(=O)N2C1C(=O)OCc1ccccc1. The van der Waals surface area contributed by atoms with Crippen LogP contribution in [0.3, 0.4) is 0 Å². The molecule has 2 aliphatic heterocycles. The number of carbonyl (C=O) groups is 2. The Morgan fingerprint density at radius 1 is 1.40 bits per heavy atom. The molecule has 2 fully saturated rings. The van der Waals surface area contributed by atoms with E-state index in [9.17, 15) is 14.1 Å². The summed E-state index contributed by atoms with van der Waals surface area (Å²) in [7, 11) is 0. The van der Waals surface area contributed by atoms with E-state index in [2.05, 4.69) is 0 Å². The van der Waals surface area contributed by atoms with Gasteiger partial charge in [-0.25, -0.2) is 4.79 Å². The lowest BCUT2D eigenvalue weighted by molar-refractivity contribution is -0.161. The van der Waals surface area contributed by atoms with E-state index >= 15 is 0 Å². The average molecular weight is 384 g/mol. The Morgan fingerprint density at radius 2 is 2.04 bits per heavy atom. The van der Waals surface area contributed by atoms with Crippen molar-refractivity contribution < 1.29 is 18.9 Å². The van der Waals surface area contributed by atoms with E-state index in [1.165, 1.54) is 4.90 Å². The number of ether oxygens (including phenoxy) is 1. The maximum absolute atomic E-state index is 13.0. The molecule has 2 saturated heterocycles. The summed E-state index contributed by atoms with van der Waals surface area (Å²) in [6.07, 6.45) is 0.688. The van der Waals surface area contributed by atoms with Crippen molar-refractivity contribution in [3.05, 3.63) is 35.9 Å². The van der Waals surface area contributed by atoms with Crippen molar-refractivity contribution in [3.63, 3.8) is 0 Å². The topological polar surface area (TPSA) is 69.7 Å². The summed E-state index contributed by atoms with van der Waals surface area (Å²) in [5, 5.41) is 0. The third kappa shape index (κ3) is 3.27. The molecule has 1 aromatic rings. The zero-order valence-corrected chi connectivity index (χ0v) is 16.1. The molecule has 2 heterocycles. The highest BCUT2D eigenvalue weighted by atomic mass is 35.5. The molecule has 4 atom stereocenters. The van der Waals surface area contributed by atoms with Crippen LogP contribution in [0.15, 0.2) is 30.3 Å². The predicted molar refractivity (Wildman–Crippen MR) is 96.4 cm³/mol. The Labute approximate surface area is 155 Å². The molecule has 0 N–H and O–H groups in total. The molecule has 5 nitrogen and oxygen atoms in total. The summed E-state index contributed by atoms with van der Waals surface area (Å²) in [5.41, 5.74) is 0.845. The molecule has 4 unspecified atom stereocenters. The van der Waals surface area contributed by atoms with Crippen molar-refractivity contribution in [1.82, 2.24) is 4.90 Å². The van der Waals surface area contributed by atoms with Crippen molar-refractivity contribution in [2.24, 2.45) is 0 Å². The molecule has 25 heavy (non-hydrogen) atoms. The molecule has 0 radical (unpaired) electrons. The maximum Gasteiger partial charge on any atom is 0.336 e. The van der Waals surface area contributed by atoms with Crippen LogP contribution in [0.2, 0.25) is 0 Å². The lowest BCUT2D eigenvalue weighted by atomic mass is 10.0. The highest BCUT2D eigenvalue weighted by Gasteiger charge is 2.69. The van der Waals surface area contributed by atoms with Crippen LogP contribution in [-0.2, 0) is 32.1 Å². The molecule has 0 saturated carbocycles. The van der Waals surface area contributed by atoms with Gasteiger partial charge in [-0.3, -0.25) is 4.79 Å². The summed E-state index contributed by atoms with van der Waals surface area (Å²) in [6.45, 7) is 5.54. The van der Waals surface area contributed by atoms with Gasteiger partial charge in [0.1, 0.15) is 11.4 Å². The van der Waals surface area contributed by atoms with Gasteiger partial charge in [0.25, 0.3) is 0 Å². The van der Waals surface area contributed by atoms with Crippen LogP contribution in [0.5, 0.6) is 0 Å². The predicted octanol–water partition coefficient (Wildman–Crippen LogP) is 2.59. The Hall–Kier alpha value is -1.24. The minimum Gasteiger partial charge on any atom is -0.615 e. The highest BCUT2D eigenvalue weighted by Crippen LogP contribution is 2.51. The minimum absolute atomic E-state index is 0.0952. The Morgan fingerprint density at radius 3 is 2.60 bits per heavy atom. The van der Waals surface area contributed by atoms with Crippen LogP contribution in [0.25, 0.3) is 0 Å². The van der Waals surface area contributed by atoms with Crippen molar-refractivity contribution in [3.8, 4) is 0 Å². The van der Waals surface area contributed by atoms with E-state index in [-0.39, 0.29) is 18.6 Å². The summed E-state index contributed by atoms with van der Waals surface area (Å²) in [6, 6.07) is 8.14. The number of hydrogen-bond donors (Lipinski definition) is 0. The molecule has 1 aromatic carbocycles. The molecule has 0 spiro atoms. The monoisotopic (exact) mass is 383 g/mol. The van der Waals surface area contributed by atoms with Crippen molar-refractivity contribution in [2.45, 2.75) is 61.3 Å². The van der Waals surface area contributed by atoms with E-state index in [0.717, 1.165) is 5.56 Å². The number of β-lactam (4-membered cyclic amide) rings is 1. The fourth-order valence-corrected chi connectivity index (χ4v) is 6.29. The number of rotatable bonds is 4. The molecular formula is C18H22ClNO4S. The standard InChI is InChI=1S/C18H22ClNO4S/c1-17(2,3)25(23)18(19)10-13-9-14(21)20(13)15(18)16(22)24-11-12-7-5-4-6-8-12/h4-8,13,15H,9-11H2,1-3H3. The number of halogens is 1. The van der Waals surface area contributed by atoms with Gasteiger partial charge in [0.15, 0.2) is 6.04 Å². The number of hydrogen-bond acceptors (Lipinski definition) is 4. The second kappa shape index (κ2) is 6.49. The molecule has 1 amide bonds. The second-order valence-corrected chi connectivity index (χ2v) is 10.9. The van der Waals surface area contributed by atoms with Gasteiger partial charge in [0.05, 0.1) is 0 Å². The molecule has 3 rings (SSSR count). The first-order valence-electron chi connectivity index (χ1n) is 8.27. The Balaban J connectivity index is 1.82. The van der Waals surface area contributed by atoms with E-state index in [0.29, 0.717) is 12.8 Å². The van der Waals surface area contributed by atoms with E-state index in [4.69, 9.17) is 16.3 Å². The van der Waals surface area contributed by atoms with Gasteiger partial charge >= 0.3 is 5.97 Å². The quantitative estimate of drug-likeness (QED) is 0.347. The number of alkyl halides is 1. The van der Waals surface area contributed by atoms with Crippen LogP contribution in [0.1, 0.15) is 39.2 Å². The van der Waals surface area contributed by atoms with Crippen LogP contribution in [0.4, 0.5) is 0 Å². The largest absolute Gasteiger partial charge is 0.615 e. The lowest BCUT2D eigenvalue weighted by Crippen LogP contribution is -2.60. The van der Waals surface area contributed by atoms with Crippen molar-refractivity contribution in [2.75, 3.05) is 0 Å². The Kier molecular flexibility index (Phi) is 4.81. The van der Waals surface area contributed by atoms with Gasteiger partial charge in [0.2, 0.25) is 10.1 Å². The zero-order valence-electron chi connectivity index (χ0n) is 14.5. The number of fused-ring (bicyclic) bond motifs is 1. The van der Waals surface area contributed by atoms with Crippen LogP contribution >= 0.6 is 11.6 Å². The maximum atomic E-state index is 13.0. The smallest absolute Gasteiger partial charge is 0.336 e. The summed E-state index contributed by atoms with van der Waals surface area (Å²) >= 11 is 5.23. The van der Waals surface area contributed by atoms with Crippen molar-refractivity contribution >= 4 is 34.7 Å². The fourth-order valence-electron chi connectivity index (χ4n) is 3.45. The van der Waals surface area contributed by atoms with Gasteiger partial charge < -0.3 is 14.2 Å². The Bertz CT molecular complexity index is 677. The van der Waals surface area contributed by atoms with Crippen molar-refractivity contribution in [1.29, 1.82) is 0 Å². The first-order valence-corrected chi connectivity index (χ1v) is 9.80. The highest BCUT2D eigenvalue weighted by molar-refractivity contribution is 7.95. The molecule has 0 aromatic heterocycles. The molecule has 2 aliphatic rings. The number of benzene rings is 1. The lowest BCUT2D eigenvalue weighted by Gasteiger charge is -2.40. The van der Waals surface area contributed by atoms with Gasteiger partial charge in [0, 0.05) is 18.9 Å². The van der Waals surface area contributed by atoms with E-state index < -0.39 is 32.1 Å². The van der Waals surface area contributed by atoms with Crippen LogP contribution in [-0.4, -0.2) is 42.4 Å². The van der Waals surface area contributed by atoms with E-state index in [1.54, 1.807) is 0 Å². The first kappa shape index (κ1) is 18.5. The normalized spacial score (nSPS) is 29.8. The zero-order chi connectivity index (χ0) is 18.4. The fraction of sp³-hybridized carbons (Fsp3) is 0.556. The molecule has 136 valence electrons. The average Bonchev–Trinajstić information content (AvgIpc) is 2.80. The number of nitrogens with zero attached hydrogens (tertiary/aromatic N) is 1. The van der Waals surface area contributed by atoms with Gasteiger partial charge in [-0.2, -0.15) is 0 Å². The van der Waals surface area contributed by atoms with Gasteiger partial charge in [-0.1, -0.05) is 41.9 Å². The third-order valence-electron chi connectivity index (χ3n) is 4.60. The van der Waals surface area contributed by atoms with Crippen LogP contribution in [0, 0.1) is 0 Å². The second-order valence-electron chi connectivity index (χ2n) is 7.53. The van der Waals surface area contributed by atoms with E-state index in [1.807, 2.05) is 51.1 Å². The molecule has 0 bridgehead atoms. The molecular weight excluding hydrogens is 362 g/mol. The first-order chi connectivity index (χ1) is 11.6. The molecule has 7 heteroatoms. The van der Waals surface area contributed by atoms with Crippen LogP contribution < -0.4 is 0 Å². The summed E-state index contributed by atoms with van der Waals surface area (Å²) < 4.78 is 16.5. The van der Waals surface area contributed by atoms with Gasteiger partial charge in [-0.15, -0.1) is 0 Å². The number of carbonyl (C=O) groups excluding carboxylic acids is 2. The number of esters is 1. The van der Waals surface area contributed by atoms with Gasteiger partial charge in [-0.05, 0) is 37.5 Å². The minimum atomic E-state index is -1.52. The molecule has 0 aliphatic carbocycles. The number of amides is 1. The summed E-state index contributed by atoms with van der Waals surface area (Å²) in [4.78, 5) is 26.3.